The molecule has 2 aromatic rings. The van der Waals surface area contributed by atoms with Gasteiger partial charge in [-0.05, 0) is 35.9 Å². The molecule has 0 radical (unpaired) electrons. The van der Waals surface area contributed by atoms with Crippen LogP contribution in [0.1, 0.15) is 15.9 Å². The second-order valence-electron chi connectivity index (χ2n) is 5.27. The van der Waals surface area contributed by atoms with Crippen LogP contribution in [0, 0.1) is 0 Å². The number of carbonyl (C=O) groups excluding carboxylic acids is 2. The van der Waals surface area contributed by atoms with Gasteiger partial charge in [0.15, 0.2) is 0 Å². The van der Waals surface area contributed by atoms with Gasteiger partial charge in [-0.3, -0.25) is 14.3 Å². The Labute approximate surface area is 139 Å². The third-order valence-corrected chi connectivity index (χ3v) is 5.02. The van der Waals surface area contributed by atoms with Crippen LogP contribution in [0.25, 0.3) is 0 Å². The van der Waals surface area contributed by atoms with E-state index in [-0.39, 0.29) is 28.5 Å². The number of sulfonamides is 1. The van der Waals surface area contributed by atoms with Crippen molar-refractivity contribution in [1.82, 2.24) is 5.32 Å². The van der Waals surface area contributed by atoms with Crippen molar-refractivity contribution in [1.29, 1.82) is 0 Å². The summed E-state index contributed by atoms with van der Waals surface area (Å²) in [5, 5.41) is 5.12. The summed E-state index contributed by atoms with van der Waals surface area (Å²) in [6.07, 6.45) is 0.146. The summed E-state index contributed by atoms with van der Waals surface area (Å²) >= 11 is 0. The molecule has 1 aliphatic heterocycles. The Morgan fingerprint density at radius 1 is 1.17 bits per heavy atom. The monoisotopic (exact) mass is 345 g/mol. The summed E-state index contributed by atoms with van der Waals surface area (Å²) in [5.41, 5.74) is 1.65. The summed E-state index contributed by atoms with van der Waals surface area (Å²) in [5.74, 6) is -0.561. The molecule has 0 saturated heterocycles. The van der Waals surface area contributed by atoms with Gasteiger partial charge in [0, 0.05) is 12.7 Å². The van der Waals surface area contributed by atoms with E-state index in [9.17, 15) is 18.0 Å². The first-order valence-electron chi connectivity index (χ1n) is 7.17. The smallest absolute Gasteiger partial charge is 0.261 e. The molecular formula is C16H15N3O4S. The summed E-state index contributed by atoms with van der Waals surface area (Å²) in [6.45, 7) is 0. The molecule has 3 rings (SSSR count). The number of benzene rings is 2. The summed E-state index contributed by atoms with van der Waals surface area (Å²) in [7, 11) is -2.42. The molecule has 0 saturated carbocycles. The highest BCUT2D eigenvalue weighted by Crippen LogP contribution is 2.27. The molecule has 0 aromatic heterocycles. The van der Waals surface area contributed by atoms with Crippen molar-refractivity contribution in [3.63, 3.8) is 0 Å². The van der Waals surface area contributed by atoms with Gasteiger partial charge in [-0.25, -0.2) is 8.42 Å². The number of carbonyl (C=O) groups is 2. The number of hydrogen-bond acceptors (Lipinski definition) is 4. The summed E-state index contributed by atoms with van der Waals surface area (Å²) < 4.78 is 27.6. The Balaban J connectivity index is 1.95. The van der Waals surface area contributed by atoms with E-state index in [1.807, 2.05) is 0 Å². The molecule has 3 N–H and O–H groups in total. The minimum atomic E-state index is -3.89. The van der Waals surface area contributed by atoms with Crippen molar-refractivity contribution in [2.24, 2.45) is 0 Å². The number of para-hydroxylation sites is 1. The predicted molar refractivity (Wildman–Crippen MR) is 89.4 cm³/mol. The van der Waals surface area contributed by atoms with Crippen LogP contribution in [0.2, 0.25) is 0 Å². The van der Waals surface area contributed by atoms with Gasteiger partial charge in [-0.2, -0.15) is 0 Å². The Morgan fingerprint density at radius 3 is 2.67 bits per heavy atom. The van der Waals surface area contributed by atoms with E-state index >= 15 is 0 Å². The largest absolute Gasteiger partial charge is 0.355 e. The van der Waals surface area contributed by atoms with Crippen molar-refractivity contribution >= 4 is 33.2 Å². The topological polar surface area (TPSA) is 104 Å². The minimum absolute atomic E-state index is 0.0319. The van der Waals surface area contributed by atoms with E-state index in [0.717, 1.165) is 0 Å². The molecule has 1 heterocycles. The first kappa shape index (κ1) is 16.0. The van der Waals surface area contributed by atoms with Crippen LogP contribution in [0.5, 0.6) is 0 Å². The zero-order valence-electron chi connectivity index (χ0n) is 12.8. The molecule has 0 fully saturated rings. The fourth-order valence-corrected chi connectivity index (χ4v) is 3.61. The highest BCUT2D eigenvalue weighted by Gasteiger charge is 2.23. The standard InChI is InChI=1S/C16H15N3O4S/c1-17-16(21)12-4-2-3-5-14(12)19-24(22,23)11-6-7-13-10(8-11)9-15(20)18-13/h2-8,19H,9H2,1H3,(H,17,21)(H,18,20). The second kappa shape index (κ2) is 5.97. The maximum atomic E-state index is 12.6. The fourth-order valence-electron chi connectivity index (χ4n) is 2.48. The van der Waals surface area contributed by atoms with Gasteiger partial charge in [-0.1, -0.05) is 12.1 Å². The Kier molecular flexibility index (Phi) is 3.98. The average Bonchev–Trinajstić information content (AvgIpc) is 2.93. The van der Waals surface area contributed by atoms with Gasteiger partial charge in [0.1, 0.15) is 0 Å². The molecule has 0 atom stereocenters. The number of hydrogen-bond donors (Lipinski definition) is 3. The van der Waals surface area contributed by atoms with Crippen LogP contribution in [0.3, 0.4) is 0 Å². The van der Waals surface area contributed by atoms with Crippen LogP contribution in [0.15, 0.2) is 47.4 Å². The fraction of sp³-hybridized carbons (Fsp3) is 0.125. The SMILES string of the molecule is CNC(=O)c1ccccc1NS(=O)(=O)c1ccc2c(c1)CC(=O)N2. The van der Waals surface area contributed by atoms with E-state index in [0.29, 0.717) is 11.3 Å². The lowest BCUT2D eigenvalue weighted by Crippen LogP contribution is -2.21. The Bertz CT molecular complexity index is 938. The zero-order valence-corrected chi connectivity index (χ0v) is 13.6. The Hall–Kier alpha value is -2.87. The molecule has 0 spiro atoms. The molecule has 124 valence electrons. The van der Waals surface area contributed by atoms with Crippen LogP contribution >= 0.6 is 0 Å². The van der Waals surface area contributed by atoms with Gasteiger partial charge < -0.3 is 10.6 Å². The highest BCUT2D eigenvalue weighted by molar-refractivity contribution is 7.92. The minimum Gasteiger partial charge on any atom is -0.355 e. The average molecular weight is 345 g/mol. The van der Waals surface area contributed by atoms with E-state index in [4.69, 9.17) is 0 Å². The maximum absolute atomic E-state index is 12.6. The van der Waals surface area contributed by atoms with Gasteiger partial charge in [-0.15, -0.1) is 0 Å². The van der Waals surface area contributed by atoms with Crippen molar-refractivity contribution in [3.05, 3.63) is 53.6 Å². The van der Waals surface area contributed by atoms with Gasteiger partial charge in [0.25, 0.3) is 15.9 Å². The zero-order chi connectivity index (χ0) is 17.3. The number of nitrogens with one attached hydrogen (secondary N) is 3. The molecule has 0 unspecified atom stereocenters. The van der Waals surface area contributed by atoms with Crippen molar-refractivity contribution in [2.75, 3.05) is 17.1 Å². The molecule has 2 amide bonds. The van der Waals surface area contributed by atoms with Crippen LogP contribution in [0.4, 0.5) is 11.4 Å². The maximum Gasteiger partial charge on any atom is 0.261 e. The number of fused-ring (bicyclic) bond motifs is 1. The molecule has 0 bridgehead atoms. The first-order chi connectivity index (χ1) is 11.4. The van der Waals surface area contributed by atoms with Crippen LogP contribution in [-0.4, -0.2) is 27.3 Å². The predicted octanol–water partition coefficient (Wildman–Crippen LogP) is 1.34. The molecule has 7 nitrogen and oxygen atoms in total. The van der Waals surface area contributed by atoms with Gasteiger partial charge in [0.05, 0.1) is 22.6 Å². The third-order valence-electron chi connectivity index (χ3n) is 3.66. The lowest BCUT2D eigenvalue weighted by molar-refractivity contribution is -0.115. The number of amides is 2. The molecule has 2 aromatic carbocycles. The van der Waals surface area contributed by atoms with Gasteiger partial charge in [0.2, 0.25) is 5.91 Å². The van der Waals surface area contributed by atoms with E-state index < -0.39 is 15.9 Å². The molecule has 24 heavy (non-hydrogen) atoms. The molecule has 0 aliphatic carbocycles. The van der Waals surface area contributed by atoms with Crippen LogP contribution < -0.4 is 15.4 Å². The summed E-state index contributed by atoms with van der Waals surface area (Å²) in [6, 6.07) is 10.7. The molecule has 1 aliphatic rings. The van der Waals surface area contributed by atoms with E-state index in [1.54, 1.807) is 18.2 Å². The quantitative estimate of drug-likeness (QED) is 0.778. The molecule has 8 heteroatoms. The highest BCUT2D eigenvalue weighted by atomic mass is 32.2. The third kappa shape index (κ3) is 2.95. The Morgan fingerprint density at radius 2 is 1.92 bits per heavy atom. The first-order valence-corrected chi connectivity index (χ1v) is 8.66. The lowest BCUT2D eigenvalue weighted by Gasteiger charge is -2.12. The number of anilines is 2. The van der Waals surface area contributed by atoms with Crippen LogP contribution in [-0.2, 0) is 21.2 Å². The van der Waals surface area contributed by atoms with Gasteiger partial charge >= 0.3 is 0 Å². The van der Waals surface area contributed by atoms with E-state index in [2.05, 4.69) is 15.4 Å². The number of rotatable bonds is 4. The van der Waals surface area contributed by atoms with Crippen molar-refractivity contribution < 1.29 is 18.0 Å². The summed E-state index contributed by atoms with van der Waals surface area (Å²) in [4.78, 5) is 23.3. The van der Waals surface area contributed by atoms with Crippen molar-refractivity contribution in [2.45, 2.75) is 11.3 Å². The second-order valence-corrected chi connectivity index (χ2v) is 6.96. The van der Waals surface area contributed by atoms with Crippen molar-refractivity contribution in [3.8, 4) is 0 Å². The van der Waals surface area contributed by atoms with E-state index in [1.165, 1.54) is 31.3 Å². The molecular weight excluding hydrogens is 330 g/mol. The normalized spacial score (nSPS) is 13.1. The lowest BCUT2D eigenvalue weighted by atomic mass is 10.2.